The number of carbonyl (C=O) groups is 1. The van der Waals surface area contributed by atoms with Crippen LogP contribution >= 0.6 is 0 Å². The van der Waals surface area contributed by atoms with Gasteiger partial charge >= 0.3 is 0 Å². The van der Waals surface area contributed by atoms with Gasteiger partial charge in [-0.05, 0) is 45.5 Å². The predicted octanol–water partition coefficient (Wildman–Crippen LogP) is 1.39. The number of amides is 1. The van der Waals surface area contributed by atoms with Crippen LogP contribution in [-0.4, -0.2) is 85.0 Å². The number of carbonyl (C=O) groups excluding carboxylic acids is 1. The van der Waals surface area contributed by atoms with E-state index in [-0.39, 0.29) is 28.7 Å². The number of nitrogens with zero attached hydrogens (tertiary/aromatic N) is 4. The number of nitrogens with one attached hydrogen (secondary N) is 1. The molecule has 1 amide bonds. The van der Waals surface area contributed by atoms with Crippen molar-refractivity contribution in [3.8, 4) is 5.75 Å². The molecule has 1 aliphatic heterocycles. The van der Waals surface area contributed by atoms with Gasteiger partial charge in [0.2, 0.25) is 0 Å². The SMILES string of the molecule is CC/C=C(/CNC(/N=C(\C)N)C(N)=Nc1cccc(C(=O)N2CCN(C)CC2)c1O)OCC. The molecule has 1 aliphatic rings. The molecule has 33 heavy (non-hydrogen) atoms. The standard InChI is InChI=1S/C23H37N7O3/c1-5-8-17(33-6-2)15-26-22(27-16(3)24)21(25)28-19-10-7-9-18(20(19)31)23(32)30-13-11-29(4)12-14-30/h7-10,22,26,31H,5-6,11-15H2,1-4H3,(H2,24,27)(H2,25,28)/b17-8-. The average Bonchev–Trinajstić information content (AvgIpc) is 2.78. The van der Waals surface area contributed by atoms with Crippen LogP contribution in [0.25, 0.3) is 0 Å². The molecular formula is C23H37N7O3. The Morgan fingerprint density at radius 2 is 1.97 bits per heavy atom. The van der Waals surface area contributed by atoms with Crippen molar-refractivity contribution in [2.75, 3.05) is 46.4 Å². The molecule has 1 aromatic rings. The topological polar surface area (TPSA) is 142 Å². The fourth-order valence-corrected chi connectivity index (χ4v) is 3.39. The van der Waals surface area contributed by atoms with Crippen LogP contribution in [-0.2, 0) is 4.74 Å². The number of phenolic OH excluding ortho intramolecular Hbond substituents is 1. The van der Waals surface area contributed by atoms with Gasteiger partial charge in [0.1, 0.15) is 17.3 Å². The maximum absolute atomic E-state index is 12.9. The van der Waals surface area contributed by atoms with Crippen LogP contribution in [0.15, 0.2) is 40.0 Å². The van der Waals surface area contributed by atoms with Crippen LogP contribution in [0.3, 0.4) is 0 Å². The molecule has 1 aromatic carbocycles. The van der Waals surface area contributed by atoms with Crippen LogP contribution in [0, 0.1) is 0 Å². The number of piperazine rings is 1. The highest BCUT2D eigenvalue weighted by molar-refractivity contribution is 5.99. The van der Waals surface area contributed by atoms with E-state index >= 15 is 0 Å². The average molecular weight is 460 g/mol. The van der Waals surface area contributed by atoms with Crippen molar-refractivity contribution in [2.45, 2.75) is 33.4 Å². The second kappa shape index (κ2) is 12.8. The molecule has 0 bridgehead atoms. The Kier molecular flexibility index (Phi) is 10.1. The summed E-state index contributed by atoms with van der Waals surface area (Å²) in [5.41, 5.74) is 12.4. The molecule has 1 unspecified atom stereocenters. The molecule has 10 nitrogen and oxygen atoms in total. The summed E-state index contributed by atoms with van der Waals surface area (Å²) in [4.78, 5) is 25.5. The van der Waals surface area contributed by atoms with E-state index in [1.54, 1.807) is 30.0 Å². The van der Waals surface area contributed by atoms with E-state index in [0.29, 0.717) is 32.1 Å². The van der Waals surface area contributed by atoms with Gasteiger partial charge in [-0.3, -0.25) is 10.1 Å². The van der Waals surface area contributed by atoms with Crippen LogP contribution in [0.1, 0.15) is 37.6 Å². The van der Waals surface area contributed by atoms with E-state index < -0.39 is 6.17 Å². The summed E-state index contributed by atoms with van der Waals surface area (Å²) in [7, 11) is 2.02. The lowest BCUT2D eigenvalue weighted by atomic mass is 10.1. The summed E-state index contributed by atoms with van der Waals surface area (Å²) in [6, 6.07) is 4.86. The van der Waals surface area contributed by atoms with Crippen molar-refractivity contribution >= 4 is 23.3 Å². The van der Waals surface area contributed by atoms with Crippen LogP contribution in [0.4, 0.5) is 5.69 Å². The molecule has 0 aromatic heterocycles. The van der Waals surface area contributed by atoms with Gasteiger partial charge in [-0.2, -0.15) is 0 Å². The Morgan fingerprint density at radius 1 is 1.27 bits per heavy atom. The van der Waals surface area contributed by atoms with Crippen LogP contribution in [0.2, 0.25) is 0 Å². The summed E-state index contributed by atoms with van der Waals surface area (Å²) in [5.74, 6) is 0.758. The van der Waals surface area contributed by atoms with Gasteiger partial charge in [-0.15, -0.1) is 0 Å². The lowest BCUT2D eigenvalue weighted by molar-refractivity contribution is 0.0661. The minimum atomic E-state index is -0.730. The number of aliphatic imine (C=N–C) groups is 2. The molecule has 1 heterocycles. The van der Waals surface area contributed by atoms with Crippen molar-refractivity contribution in [3.63, 3.8) is 0 Å². The van der Waals surface area contributed by atoms with E-state index in [0.717, 1.165) is 25.3 Å². The molecule has 0 radical (unpaired) electrons. The Balaban J connectivity index is 2.25. The normalized spacial score (nSPS) is 17.2. The third-order valence-electron chi connectivity index (χ3n) is 5.13. The van der Waals surface area contributed by atoms with Gasteiger partial charge < -0.3 is 31.1 Å². The van der Waals surface area contributed by atoms with Gasteiger partial charge in [0, 0.05) is 26.2 Å². The van der Waals surface area contributed by atoms with Crippen molar-refractivity contribution in [3.05, 3.63) is 35.6 Å². The zero-order chi connectivity index (χ0) is 24.4. The summed E-state index contributed by atoms with van der Waals surface area (Å²) >= 11 is 0. The molecule has 1 atom stereocenters. The number of nitrogens with two attached hydrogens (primary N) is 2. The van der Waals surface area contributed by atoms with Gasteiger partial charge in [0.15, 0.2) is 11.9 Å². The van der Waals surface area contributed by atoms with Gasteiger partial charge in [-0.25, -0.2) is 9.98 Å². The maximum atomic E-state index is 12.9. The fourth-order valence-electron chi connectivity index (χ4n) is 3.39. The first-order valence-corrected chi connectivity index (χ1v) is 11.3. The molecule has 2 rings (SSSR count). The molecule has 10 heteroatoms. The Bertz CT molecular complexity index is 886. The monoisotopic (exact) mass is 459 g/mol. The van der Waals surface area contributed by atoms with E-state index in [4.69, 9.17) is 16.2 Å². The van der Waals surface area contributed by atoms with E-state index in [1.807, 2.05) is 27.0 Å². The molecule has 0 saturated carbocycles. The number of rotatable bonds is 10. The smallest absolute Gasteiger partial charge is 0.257 e. The Labute approximate surface area is 196 Å². The molecule has 1 fully saturated rings. The fraction of sp³-hybridized carbons (Fsp3) is 0.522. The molecular weight excluding hydrogens is 422 g/mol. The quantitative estimate of drug-likeness (QED) is 0.235. The molecule has 1 saturated heterocycles. The lowest BCUT2D eigenvalue weighted by Gasteiger charge is -2.32. The predicted molar refractivity (Wildman–Crippen MR) is 132 cm³/mol. The van der Waals surface area contributed by atoms with Crippen molar-refractivity contribution in [1.29, 1.82) is 0 Å². The number of likely N-dealkylation sites (N-methyl/N-ethyl adjacent to an activating group) is 1. The van der Waals surface area contributed by atoms with E-state index in [2.05, 4.69) is 20.2 Å². The molecule has 182 valence electrons. The third-order valence-corrected chi connectivity index (χ3v) is 5.13. The van der Waals surface area contributed by atoms with E-state index in [9.17, 15) is 9.90 Å². The zero-order valence-corrected chi connectivity index (χ0v) is 20.0. The zero-order valence-electron chi connectivity index (χ0n) is 20.0. The van der Waals surface area contributed by atoms with E-state index in [1.165, 1.54) is 0 Å². The van der Waals surface area contributed by atoms with Gasteiger partial charge in [0.05, 0.1) is 24.6 Å². The lowest BCUT2D eigenvalue weighted by Crippen LogP contribution is -2.47. The highest BCUT2D eigenvalue weighted by Crippen LogP contribution is 2.31. The van der Waals surface area contributed by atoms with Crippen molar-refractivity contribution in [2.24, 2.45) is 21.5 Å². The van der Waals surface area contributed by atoms with Crippen molar-refractivity contribution < 1.29 is 14.6 Å². The first kappa shape index (κ1) is 26.1. The first-order valence-electron chi connectivity index (χ1n) is 11.3. The number of hydrogen-bond acceptors (Lipinski definition) is 7. The Morgan fingerprint density at radius 3 is 2.58 bits per heavy atom. The first-order chi connectivity index (χ1) is 15.8. The van der Waals surface area contributed by atoms with Gasteiger partial charge in [0.25, 0.3) is 5.91 Å². The Hall–Kier alpha value is -3.11. The number of hydrogen-bond donors (Lipinski definition) is 4. The van der Waals surface area contributed by atoms with Crippen LogP contribution in [0.5, 0.6) is 5.75 Å². The second-order valence-electron chi connectivity index (χ2n) is 7.87. The summed E-state index contributed by atoms with van der Waals surface area (Å²) in [6.45, 7) is 9.31. The number of phenols is 1. The summed E-state index contributed by atoms with van der Waals surface area (Å²) in [5, 5.41) is 14.0. The highest BCUT2D eigenvalue weighted by Gasteiger charge is 2.24. The minimum absolute atomic E-state index is 0.103. The number of allylic oxidation sites excluding steroid dienone is 1. The number of benzene rings is 1. The number of amidine groups is 2. The molecule has 0 aliphatic carbocycles. The minimum Gasteiger partial charge on any atom is -0.505 e. The number of aromatic hydroxyl groups is 1. The third kappa shape index (κ3) is 7.76. The van der Waals surface area contributed by atoms with Crippen LogP contribution < -0.4 is 16.8 Å². The summed E-state index contributed by atoms with van der Waals surface area (Å²) in [6.07, 6.45) is 2.07. The largest absolute Gasteiger partial charge is 0.505 e. The highest BCUT2D eigenvalue weighted by atomic mass is 16.5. The summed E-state index contributed by atoms with van der Waals surface area (Å²) < 4.78 is 5.61. The number of para-hydroxylation sites is 1. The van der Waals surface area contributed by atoms with Crippen molar-refractivity contribution in [1.82, 2.24) is 15.1 Å². The molecule has 6 N–H and O–H groups in total. The van der Waals surface area contributed by atoms with Gasteiger partial charge in [-0.1, -0.05) is 13.0 Å². The maximum Gasteiger partial charge on any atom is 0.257 e. The number of ether oxygens (including phenoxy) is 1. The second-order valence-corrected chi connectivity index (χ2v) is 7.87. The molecule has 0 spiro atoms.